The molecule has 0 saturated carbocycles. The lowest BCUT2D eigenvalue weighted by molar-refractivity contribution is -0.185. The number of hydrogen-bond donors (Lipinski definition) is 4. The minimum absolute atomic E-state index is 0.0834. The van der Waals surface area contributed by atoms with E-state index >= 15 is 0 Å². The van der Waals surface area contributed by atoms with Crippen LogP contribution in [0.3, 0.4) is 0 Å². The van der Waals surface area contributed by atoms with Crippen LogP contribution in [0, 0.1) is 6.61 Å². The summed E-state index contributed by atoms with van der Waals surface area (Å²) in [5, 5.41) is 35.5. The monoisotopic (exact) mass is 163 g/mol. The van der Waals surface area contributed by atoms with Crippen molar-refractivity contribution < 1.29 is 25.2 Å². The highest BCUT2D eigenvalue weighted by molar-refractivity contribution is 4.89. The molecule has 0 amide bonds. The maximum atomic E-state index is 9.08. The molecular formula is C6H11O5. The van der Waals surface area contributed by atoms with E-state index in [4.69, 9.17) is 25.2 Å². The number of hydrogen-bond acceptors (Lipinski definition) is 5. The lowest BCUT2D eigenvalue weighted by atomic mass is 10.0. The zero-order valence-electron chi connectivity index (χ0n) is 5.79. The molecule has 0 spiro atoms. The van der Waals surface area contributed by atoms with Crippen LogP contribution >= 0.6 is 0 Å². The van der Waals surface area contributed by atoms with E-state index in [1.165, 1.54) is 0 Å². The summed E-state index contributed by atoms with van der Waals surface area (Å²) in [7, 11) is 0. The van der Waals surface area contributed by atoms with Gasteiger partial charge in [0.2, 0.25) is 0 Å². The molecule has 0 aromatic rings. The molecule has 0 aromatic heterocycles. The third-order valence-electron chi connectivity index (χ3n) is 1.69. The summed E-state index contributed by atoms with van der Waals surface area (Å²) in [6, 6.07) is 0. The van der Waals surface area contributed by atoms with Crippen LogP contribution in [0.15, 0.2) is 0 Å². The first-order valence-electron chi connectivity index (χ1n) is 3.30. The van der Waals surface area contributed by atoms with Gasteiger partial charge in [0.05, 0.1) is 6.61 Å². The molecule has 5 heteroatoms. The average molecular weight is 163 g/mol. The van der Waals surface area contributed by atoms with Gasteiger partial charge in [-0.15, -0.1) is 0 Å². The van der Waals surface area contributed by atoms with Crippen molar-refractivity contribution in [1.29, 1.82) is 0 Å². The van der Waals surface area contributed by atoms with Gasteiger partial charge >= 0.3 is 0 Å². The number of aliphatic hydroxyl groups is 4. The van der Waals surface area contributed by atoms with Crippen molar-refractivity contribution in [2.45, 2.75) is 24.4 Å². The van der Waals surface area contributed by atoms with Crippen molar-refractivity contribution in [2.75, 3.05) is 6.61 Å². The lowest BCUT2D eigenvalue weighted by Gasteiger charge is -2.33. The first-order chi connectivity index (χ1) is 5.16. The highest BCUT2D eigenvalue weighted by Crippen LogP contribution is 2.16. The summed E-state index contributed by atoms with van der Waals surface area (Å²) >= 11 is 0. The molecule has 4 atom stereocenters. The molecule has 4 N–H and O–H groups in total. The van der Waals surface area contributed by atoms with Crippen LogP contribution in [0.2, 0.25) is 0 Å². The second kappa shape index (κ2) is 3.46. The highest BCUT2D eigenvalue weighted by atomic mass is 16.5. The maximum absolute atomic E-state index is 9.08. The van der Waals surface area contributed by atoms with E-state index in [2.05, 4.69) is 0 Å². The number of rotatable bonds is 1. The third-order valence-corrected chi connectivity index (χ3v) is 1.69. The van der Waals surface area contributed by atoms with Gasteiger partial charge in [-0.05, 0) is 0 Å². The van der Waals surface area contributed by atoms with Crippen molar-refractivity contribution in [3.8, 4) is 0 Å². The first kappa shape index (κ1) is 8.89. The van der Waals surface area contributed by atoms with Crippen LogP contribution in [-0.4, -0.2) is 51.4 Å². The zero-order valence-corrected chi connectivity index (χ0v) is 5.79. The molecular weight excluding hydrogens is 152 g/mol. The summed E-state index contributed by atoms with van der Waals surface area (Å²) < 4.78 is 4.76. The van der Waals surface area contributed by atoms with Crippen LogP contribution < -0.4 is 0 Å². The average Bonchev–Trinajstić information content (AvgIpc) is 2.01. The minimum atomic E-state index is -1.26. The molecule has 1 heterocycles. The lowest BCUT2D eigenvalue weighted by Crippen LogP contribution is -2.52. The molecule has 0 aliphatic carbocycles. The number of aliphatic hydroxyl groups excluding tert-OH is 4. The minimum Gasteiger partial charge on any atom is -0.388 e. The molecule has 1 saturated heterocycles. The van der Waals surface area contributed by atoms with Crippen LogP contribution in [-0.2, 0) is 4.74 Å². The molecule has 0 bridgehead atoms. The van der Waals surface area contributed by atoms with Gasteiger partial charge in [-0.1, -0.05) is 0 Å². The van der Waals surface area contributed by atoms with Crippen molar-refractivity contribution in [2.24, 2.45) is 0 Å². The fourth-order valence-electron chi connectivity index (χ4n) is 0.960. The van der Waals surface area contributed by atoms with Gasteiger partial charge in [0.1, 0.15) is 31.0 Å². The Kier molecular flexibility index (Phi) is 2.80. The van der Waals surface area contributed by atoms with Gasteiger partial charge in [0.15, 0.2) is 0 Å². The summed E-state index contributed by atoms with van der Waals surface area (Å²) in [5.74, 6) is 0. The molecule has 5 nitrogen and oxygen atoms in total. The quantitative estimate of drug-likeness (QED) is 0.359. The van der Waals surface area contributed by atoms with E-state index in [0.29, 0.717) is 6.61 Å². The normalized spacial score (nSPS) is 45.8. The Morgan fingerprint density at radius 3 is 2.36 bits per heavy atom. The fraction of sp³-hybridized carbons (Fsp3) is 0.833. The Labute approximate surface area is 63.8 Å². The summed E-state index contributed by atoms with van der Waals surface area (Å²) in [6.45, 7) is 0.569. The van der Waals surface area contributed by atoms with Gasteiger partial charge < -0.3 is 25.2 Å². The molecule has 0 aromatic carbocycles. The van der Waals surface area contributed by atoms with Crippen LogP contribution in [0.1, 0.15) is 0 Å². The predicted molar refractivity (Wildman–Crippen MR) is 34.0 cm³/mol. The second-order valence-corrected chi connectivity index (χ2v) is 2.50. The van der Waals surface area contributed by atoms with Crippen molar-refractivity contribution >= 4 is 0 Å². The molecule has 1 radical (unpaired) electrons. The van der Waals surface area contributed by atoms with Gasteiger partial charge in [0, 0.05) is 0 Å². The third kappa shape index (κ3) is 1.69. The van der Waals surface area contributed by atoms with Crippen molar-refractivity contribution in [1.82, 2.24) is 0 Å². The Morgan fingerprint density at radius 1 is 1.18 bits per heavy atom. The van der Waals surface area contributed by atoms with E-state index in [1.54, 1.807) is 0 Å². The first-order valence-corrected chi connectivity index (χ1v) is 3.30. The Morgan fingerprint density at radius 2 is 1.82 bits per heavy atom. The molecule has 0 unspecified atom stereocenters. The molecule has 11 heavy (non-hydrogen) atoms. The topological polar surface area (TPSA) is 90.2 Å². The molecule has 1 rings (SSSR count). The number of ether oxygens (including phenoxy) is 1. The smallest absolute Gasteiger partial charge is 0.115 e. The van der Waals surface area contributed by atoms with Crippen LogP contribution in [0.25, 0.3) is 0 Å². The van der Waals surface area contributed by atoms with Crippen LogP contribution in [0.5, 0.6) is 0 Å². The predicted octanol–water partition coefficient (Wildman–Crippen LogP) is -2.00. The van der Waals surface area contributed by atoms with E-state index in [9.17, 15) is 0 Å². The van der Waals surface area contributed by atoms with Crippen LogP contribution in [0.4, 0.5) is 0 Å². The van der Waals surface area contributed by atoms with Gasteiger partial charge in [-0.25, -0.2) is 0 Å². The second-order valence-electron chi connectivity index (χ2n) is 2.50. The van der Waals surface area contributed by atoms with E-state index in [1.807, 2.05) is 0 Å². The van der Waals surface area contributed by atoms with E-state index in [0.717, 1.165) is 0 Å². The Hall–Kier alpha value is -0.200. The van der Waals surface area contributed by atoms with Crippen molar-refractivity contribution in [3.63, 3.8) is 0 Å². The van der Waals surface area contributed by atoms with E-state index in [-0.39, 0.29) is 6.61 Å². The van der Waals surface area contributed by atoms with Gasteiger partial charge in [-0.2, -0.15) is 0 Å². The van der Waals surface area contributed by atoms with Gasteiger partial charge in [-0.3, -0.25) is 0 Å². The molecule has 1 aliphatic rings. The standard InChI is InChI=1S/C6H11O5/c7-1-4-6(10)5(9)3(8)2-11-4/h1,3-10H,2H2/t3-,4+,5-,6+/m1/s1. The van der Waals surface area contributed by atoms with Gasteiger partial charge in [0.25, 0.3) is 0 Å². The SMILES string of the molecule is O[CH][C@@H]1OC[C@@H](O)[C@@H](O)[C@H]1O. The zero-order chi connectivity index (χ0) is 8.43. The summed E-state index contributed by atoms with van der Waals surface area (Å²) in [4.78, 5) is 0. The molecule has 1 aliphatic heterocycles. The Bertz CT molecular complexity index is 126. The Balaban J connectivity index is 2.52. The van der Waals surface area contributed by atoms with E-state index < -0.39 is 24.4 Å². The molecule has 1 fully saturated rings. The fourth-order valence-corrected chi connectivity index (χ4v) is 0.960. The largest absolute Gasteiger partial charge is 0.388 e. The maximum Gasteiger partial charge on any atom is 0.115 e. The van der Waals surface area contributed by atoms with Crippen molar-refractivity contribution in [3.05, 3.63) is 6.61 Å². The summed E-state index contributed by atoms with van der Waals surface area (Å²) in [5.41, 5.74) is 0. The highest BCUT2D eigenvalue weighted by Gasteiger charge is 2.37. The summed E-state index contributed by atoms with van der Waals surface area (Å²) in [6.07, 6.45) is -4.50. The molecule has 65 valence electrons.